The van der Waals surface area contributed by atoms with E-state index in [0.29, 0.717) is 5.56 Å². The van der Waals surface area contributed by atoms with E-state index in [1.165, 1.54) is 6.42 Å². The molecule has 25 heavy (non-hydrogen) atoms. The Labute approximate surface area is 153 Å². The van der Waals surface area contributed by atoms with E-state index in [9.17, 15) is 9.90 Å². The van der Waals surface area contributed by atoms with Gasteiger partial charge in [0.05, 0.1) is 0 Å². The Bertz CT molecular complexity index is 556. The molecule has 4 heteroatoms. The quantitative estimate of drug-likeness (QED) is 0.702. The summed E-state index contributed by atoms with van der Waals surface area (Å²) < 4.78 is 6.58. The van der Waals surface area contributed by atoms with E-state index < -0.39 is 20.5 Å². The van der Waals surface area contributed by atoms with E-state index >= 15 is 0 Å². The average molecular weight is 363 g/mol. The van der Waals surface area contributed by atoms with Gasteiger partial charge in [-0.05, 0) is 42.5 Å². The van der Waals surface area contributed by atoms with Crippen molar-refractivity contribution in [2.24, 2.45) is 5.92 Å². The topological polar surface area (TPSA) is 46.5 Å². The third-order valence-corrected chi connectivity index (χ3v) is 10.4. The van der Waals surface area contributed by atoms with Crippen molar-refractivity contribution in [3.8, 4) is 0 Å². The zero-order chi connectivity index (χ0) is 18.7. The Hall–Kier alpha value is -0.973. The molecular weight excluding hydrogens is 328 g/mol. The molecule has 0 bridgehead atoms. The summed E-state index contributed by atoms with van der Waals surface area (Å²) in [5.74, 6) is 0.0664. The Kier molecular flexibility index (Phi) is 6.63. The molecule has 0 unspecified atom stereocenters. The lowest BCUT2D eigenvalue weighted by atomic mass is 9.82. The number of benzene rings is 1. The van der Waals surface area contributed by atoms with Crippen LogP contribution in [0.4, 0.5) is 0 Å². The van der Waals surface area contributed by atoms with Crippen molar-refractivity contribution in [3.05, 3.63) is 35.9 Å². The SMILES string of the molecule is CC(C)(C)[Si](C)(C)O[C@@H](C(=O)[C@H](O)c1ccccc1)C1CCCCC1. The van der Waals surface area contributed by atoms with Gasteiger partial charge in [0, 0.05) is 0 Å². The fraction of sp³-hybridized carbons (Fsp3) is 0.667. The minimum Gasteiger partial charge on any atom is -0.407 e. The Morgan fingerprint density at radius 3 is 2.20 bits per heavy atom. The second-order valence-corrected chi connectivity index (χ2v) is 13.7. The van der Waals surface area contributed by atoms with Crippen LogP contribution in [-0.2, 0) is 9.22 Å². The van der Waals surface area contributed by atoms with Crippen molar-refractivity contribution in [3.63, 3.8) is 0 Å². The number of aliphatic hydroxyl groups excluding tert-OH is 1. The standard InChI is InChI=1S/C21H34O3Si/c1-21(2,3)25(4,5)24-20(17-14-10-7-11-15-17)19(23)18(22)16-12-8-6-9-13-16/h6,8-9,12-13,17-18,20,22H,7,10-11,14-15H2,1-5H3/t18-,20-/m1/s1. The van der Waals surface area contributed by atoms with Gasteiger partial charge in [0.1, 0.15) is 12.2 Å². The van der Waals surface area contributed by atoms with Crippen molar-refractivity contribution in [2.45, 2.75) is 83.2 Å². The molecule has 0 heterocycles. The van der Waals surface area contributed by atoms with E-state index in [-0.39, 0.29) is 16.7 Å². The maximum absolute atomic E-state index is 13.2. The number of rotatable bonds is 6. The minimum absolute atomic E-state index is 0.0396. The van der Waals surface area contributed by atoms with Gasteiger partial charge >= 0.3 is 0 Å². The van der Waals surface area contributed by atoms with E-state index in [2.05, 4.69) is 33.9 Å². The highest BCUT2D eigenvalue weighted by Crippen LogP contribution is 2.40. The van der Waals surface area contributed by atoms with Gasteiger partial charge < -0.3 is 9.53 Å². The van der Waals surface area contributed by atoms with E-state index in [0.717, 1.165) is 25.7 Å². The van der Waals surface area contributed by atoms with Gasteiger partial charge in [-0.3, -0.25) is 4.79 Å². The number of carbonyl (C=O) groups excluding carboxylic acids is 1. The molecule has 1 aromatic rings. The molecule has 2 atom stereocenters. The van der Waals surface area contributed by atoms with Gasteiger partial charge in [0.2, 0.25) is 0 Å². The molecule has 0 saturated heterocycles. The second-order valence-electron chi connectivity index (χ2n) is 8.91. The largest absolute Gasteiger partial charge is 0.407 e. The Balaban J connectivity index is 2.26. The van der Waals surface area contributed by atoms with Gasteiger partial charge in [0.15, 0.2) is 14.1 Å². The van der Waals surface area contributed by atoms with Gasteiger partial charge in [-0.2, -0.15) is 0 Å². The number of carbonyl (C=O) groups is 1. The highest BCUT2D eigenvalue weighted by molar-refractivity contribution is 6.74. The first-order chi connectivity index (χ1) is 11.6. The van der Waals surface area contributed by atoms with Crippen molar-refractivity contribution in [1.29, 1.82) is 0 Å². The third kappa shape index (κ3) is 5.02. The number of Topliss-reactive ketones (excluding diaryl/α,β-unsaturated/α-hetero) is 1. The summed E-state index contributed by atoms with van der Waals surface area (Å²) in [5.41, 5.74) is 0.659. The number of hydrogen-bond donors (Lipinski definition) is 1. The van der Waals surface area contributed by atoms with E-state index in [1.54, 1.807) is 0 Å². The lowest BCUT2D eigenvalue weighted by Gasteiger charge is -2.42. The molecular formula is C21H34O3Si. The molecule has 0 spiro atoms. The molecule has 2 rings (SSSR count). The Morgan fingerprint density at radius 2 is 1.68 bits per heavy atom. The predicted octanol–water partition coefficient (Wildman–Crippen LogP) is 5.26. The maximum Gasteiger partial charge on any atom is 0.193 e. The summed E-state index contributed by atoms with van der Waals surface area (Å²) in [6, 6.07) is 9.23. The highest BCUT2D eigenvalue weighted by atomic mass is 28.4. The third-order valence-electron chi connectivity index (χ3n) is 5.97. The summed E-state index contributed by atoms with van der Waals surface area (Å²) in [5, 5.41) is 10.7. The molecule has 1 aliphatic carbocycles. The van der Waals surface area contributed by atoms with Gasteiger partial charge in [-0.15, -0.1) is 0 Å². The van der Waals surface area contributed by atoms with Crippen LogP contribution in [0.3, 0.4) is 0 Å². The normalized spacial score (nSPS) is 19.4. The van der Waals surface area contributed by atoms with Crippen LogP contribution >= 0.6 is 0 Å². The first kappa shape index (κ1) is 20.3. The smallest absolute Gasteiger partial charge is 0.193 e. The molecule has 1 saturated carbocycles. The molecule has 3 nitrogen and oxygen atoms in total. The molecule has 0 radical (unpaired) electrons. The van der Waals surface area contributed by atoms with E-state index in [4.69, 9.17) is 4.43 Å². The lowest BCUT2D eigenvalue weighted by molar-refractivity contribution is -0.138. The molecule has 1 aliphatic rings. The second kappa shape index (κ2) is 8.15. The average Bonchev–Trinajstić information content (AvgIpc) is 2.59. The van der Waals surface area contributed by atoms with Crippen LogP contribution in [0.1, 0.15) is 64.5 Å². The summed E-state index contributed by atoms with van der Waals surface area (Å²) in [6.45, 7) is 10.9. The predicted molar refractivity (Wildman–Crippen MR) is 105 cm³/mol. The molecule has 0 aliphatic heterocycles. The molecule has 0 amide bonds. The molecule has 1 N–H and O–H groups in total. The number of aliphatic hydroxyl groups is 1. The monoisotopic (exact) mass is 362 g/mol. The van der Waals surface area contributed by atoms with E-state index in [1.807, 2.05) is 30.3 Å². The molecule has 1 aromatic carbocycles. The maximum atomic E-state index is 13.2. The van der Waals surface area contributed by atoms with Crippen molar-refractivity contribution in [2.75, 3.05) is 0 Å². The van der Waals surface area contributed by atoms with Crippen molar-refractivity contribution < 1.29 is 14.3 Å². The van der Waals surface area contributed by atoms with Crippen molar-refractivity contribution in [1.82, 2.24) is 0 Å². The van der Waals surface area contributed by atoms with Crippen LogP contribution in [0.15, 0.2) is 30.3 Å². The lowest BCUT2D eigenvalue weighted by Crippen LogP contribution is -2.49. The summed E-state index contributed by atoms with van der Waals surface area (Å²) in [6.07, 6.45) is 3.99. The van der Waals surface area contributed by atoms with Crippen LogP contribution in [0.5, 0.6) is 0 Å². The molecule has 140 valence electrons. The molecule has 0 aromatic heterocycles. The summed E-state index contributed by atoms with van der Waals surface area (Å²) in [7, 11) is -2.09. The fourth-order valence-corrected chi connectivity index (χ4v) is 4.57. The zero-order valence-electron chi connectivity index (χ0n) is 16.4. The summed E-state index contributed by atoms with van der Waals surface area (Å²) in [4.78, 5) is 13.2. The van der Waals surface area contributed by atoms with Gasteiger partial charge in [-0.1, -0.05) is 70.4 Å². The first-order valence-electron chi connectivity index (χ1n) is 9.58. The fourth-order valence-electron chi connectivity index (χ4n) is 3.27. The van der Waals surface area contributed by atoms with Crippen LogP contribution in [-0.4, -0.2) is 25.3 Å². The first-order valence-corrected chi connectivity index (χ1v) is 12.5. The van der Waals surface area contributed by atoms with Crippen LogP contribution in [0.25, 0.3) is 0 Å². The minimum atomic E-state index is -2.09. The van der Waals surface area contributed by atoms with Crippen LogP contribution in [0, 0.1) is 5.92 Å². The van der Waals surface area contributed by atoms with Crippen LogP contribution < -0.4 is 0 Å². The molecule has 1 fully saturated rings. The van der Waals surface area contributed by atoms with Crippen molar-refractivity contribution >= 4 is 14.1 Å². The number of hydrogen-bond acceptors (Lipinski definition) is 3. The zero-order valence-corrected chi connectivity index (χ0v) is 17.4. The number of ketones is 1. The van der Waals surface area contributed by atoms with Gasteiger partial charge in [-0.25, -0.2) is 0 Å². The summed E-state index contributed by atoms with van der Waals surface area (Å²) >= 11 is 0. The highest BCUT2D eigenvalue weighted by Gasteiger charge is 2.44. The van der Waals surface area contributed by atoms with Gasteiger partial charge in [0.25, 0.3) is 0 Å². The van der Waals surface area contributed by atoms with Crippen LogP contribution in [0.2, 0.25) is 18.1 Å². The Morgan fingerprint density at radius 1 is 1.12 bits per heavy atom.